The molecule has 1 unspecified atom stereocenters. The predicted octanol–water partition coefficient (Wildman–Crippen LogP) is 4.18. The number of ether oxygens (including phenoxy) is 2. The van der Waals surface area contributed by atoms with Gasteiger partial charge in [0.05, 0.1) is 30.5 Å². The van der Waals surface area contributed by atoms with E-state index in [-0.39, 0.29) is 28.5 Å². The van der Waals surface area contributed by atoms with Gasteiger partial charge < -0.3 is 18.8 Å². The summed E-state index contributed by atoms with van der Waals surface area (Å²) in [6, 6.07) is 18.5. The van der Waals surface area contributed by atoms with Crippen LogP contribution in [0.25, 0.3) is 22.3 Å². The van der Waals surface area contributed by atoms with Crippen LogP contribution in [0.5, 0.6) is 11.5 Å². The molecule has 2 aliphatic heterocycles. The van der Waals surface area contributed by atoms with E-state index in [4.69, 9.17) is 13.9 Å². The highest BCUT2D eigenvalue weighted by molar-refractivity contribution is 7.99. The highest BCUT2D eigenvalue weighted by Gasteiger charge is 2.34. The maximum absolute atomic E-state index is 13.5. The standard InChI is InChI=1S/C32H34N4O5S/c1-39-24-10-11-27-25(19-24)28(37)30(29(41-27)22-7-3-2-4-8-22)40-18-6-13-35-14-16-36(17-15-35)32(38)26-21-42-31(34-26)23-9-5-12-33-20-23/h2-5,7-12,19-20,26,31,34H,6,13-18,21H2,1H3/t26-,31?/m0/s1. The zero-order valence-corrected chi connectivity index (χ0v) is 24.3. The highest BCUT2D eigenvalue weighted by Crippen LogP contribution is 2.33. The van der Waals surface area contributed by atoms with Gasteiger partial charge in [-0.05, 0) is 36.2 Å². The number of hydrogen-bond donors (Lipinski definition) is 1. The van der Waals surface area contributed by atoms with Crippen LogP contribution >= 0.6 is 11.8 Å². The van der Waals surface area contributed by atoms with Crippen LogP contribution in [-0.4, -0.2) is 78.9 Å². The van der Waals surface area contributed by atoms with E-state index in [2.05, 4.69) is 15.2 Å². The maximum Gasteiger partial charge on any atom is 0.240 e. The number of benzene rings is 2. The second-order valence-corrected chi connectivity index (χ2v) is 11.5. The molecule has 2 fully saturated rings. The Balaban J connectivity index is 1.03. The van der Waals surface area contributed by atoms with Crippen LogP contribution < -0.4 is 20.2 Å². The molecule has 2 atom stereocenters. The van der Waals surface area contributed by atoms with Gasteiger partial charge in [0.15, 0.2) is 5.76 Å². The van der Waals surface area contributed by atoms with Crippen LogP contribution in [-0.2, 0) is 4.79 Å². The second kappa shape index (κ2) is 13.0. The summed E-state index contributed by atoms with van der Waals surface area (Å²) >= 11 is 1.75. The predicted molar refractivity (Wildman–Crippen MR) is 164 cm³/mol. The Bertz CT molecular complexity index is 1570. The number of amides is 1. The first-order chi connectivity index (χ1) is 20.6. The summed E-state index contributed by atoms with van der Waals surface area (Å²) in [5.41, 5.74) is 2.15. The minimum atomic E-state index is -0.217. The first kappa shape index (κ1) is 28.3. The molecule has 0 saturated carbocycles. The number of aromatic nitrogens is 1. The van der Waals surface area contributed by atoms with E-state index in [9.17, 15) is 9.59 Å². The molecule has 0 spiro atoms. The van der Waals surface area contributed by atoms with Crippen LogP contribution in [0.4, 0.5) is 0 Å². The van der Waals surface area contributed by atoms with Crippen molar-refractivity contribution in [3.8, 4) is 22.8 Å². The summed E-state index contributed by atoms with van der Waals surface area (Å²) in [4.78, 5) is 35.2. The lowest BCUT2D eigenvalue weighted by Gasteiger charge is -2.36. The van der Waals surface area contributed by atoms with Gasteiger partial charge in [-0.2, -0.15) is 0 Å². The Hall–Kier alpha value is -3.86. The molecular formula is C32H34N4O5S. The molecule has 1 N–H and O–H groups in total. The van der Waals surface area contributed by atoms with Crippen LogP contribution in [0.2, 0.25) is 0 Å². The number of pyridine rings is 1. The van der Waals surface area contributed by atoms with E-state index in [1.807, 2.05) is 53.6 Å². The lowest BCUT2D eigenvalue weighted by atomic mass is 10.1. The SMILES string of the molecule is COc1ccc2oc(-c3ccccc3)c(OCCCN3CCN(C(=O)[C@@H]4CSC(c5cccnc5)N4)CC3)c(=O)c2c1. The van der Waals surface area contributed by atoms with Crippen LogP contribution in [0, 0.1) is 0 Å². The number of fused-ring (bicyclic) bond motifs is 1. The molecule has 10 heteroatoms. The van der Waals surface area contributed by atoms with E-state index in [1.165, 1.54) is 0 Å². The van der Waals surface area contributed by atoms with Crippen molar-refractivity contribution in [3.05, 3.63) is 88.8 Å². The molecule has 0 radical (unpaired) electrons. The van der Waals surface area contributed by atoms with Gasteiger partial charge in [0.1, 0.15) is 11.3 Å². The smallest absolute Gasteiger partial charge is 0.240 e. The van der Waals surface area contributed by atoms with Gasteiger partial charge in [0.25, 0.3) is 0 Å². The Morgan fingerprint density at radius 3 is 2.69 bits per heavy atom. The second-order valence-electron chi connectivity index (χ2n) is 10.4. The molecule has 2 aliphatic rings. The number of methoxy groups -OCH3 is 1. The van der Waals surface area contributed by atoms with Crippen LogP contribution in [0.1, 0.15) is 17.4 Å². The van der Waals surface area contributed by atoms with Gasteiger partial charge in [-0.25, -0.2) is 0 Å². The molecule has 1 amide bonds. The van der Waals surface area contributed by atoms with Crippen molar-refractivity contribution in [1.29, 1.82) is 0 Å². The fourth-order valence-corrected chi connectivity index (χ4v) is 6.62. The lowest BCUT2D eigenvalue weighted by molar-refractivity contribution is -0.134. The van der Waals surface area contributed by atoms with Gasteiger partial charge in [-0.15, -0.1) is 11.8 Å². The Morgan fingerprint density at radius 1 is 1.10 bits per heavy atom. The normalized spacial score (nSPS) is 19.2. The van der Waals surface area contributed by atoms with Crippen LogP contribution in [0.15, 0.2) is 82.3 Å². The highest BCUT2D eigenvalue weighted by atomic mass is 32.2. The largest absolute Gasteiger partial charge is 0.497 e. The summed E-state index contributed by atoms with van der Waals surface area (Å²) in [5, 5.41) is 4.00. The zero-order valence-electron chi connectivity index (χ0n) is 23.5. The van der Waals surface area contributed by atoms with E-state index >= 15 is 0 Å². The summed E-state index contributed by atoms with van der Waals surface area (Å²) in [7, 11) is 1.57. The molecule has 0 bridgehead atoms. The molecule has 6 rings (SSSR count). The number of piperazine rings is 1. The van der Waals surface area contributed by atoms with Gasteiger partial charge in [0, 0.05) is 56.4 Å². The average Bonchev–Trinajstić information content (AvgIpc) is 3.55. The van der Waals surface area contributed by atoms with Crippen molar-refractivity contribution in [2.45, 2.75) is 17.8 Å². The van der Waals surface area contributed by atoms with Crippen LogP contribution in [0.3, 0.4) is 0 Å². The topological polar surface area (TPSA) is 97.1 Å². The Morgan fingerprint density at radius 2 is 1.93 bits per heavy atom. The molecule has 4 aromatic rings. The lowest BCUT2D eigenvalue weighted by Crippen LogP contribution is -2.53. The molecule has 2 aromatic heterocycles. The van der Waals surface area contributed by atoms with Crippen molar-refractivity contribution in [3.63, 3.8) is 0 Å². The molecule has 4 heterocycles. The first-order valence-corrected chi connectivity index (χ1v) is 15.3. The molecule has 2 aromatic carbocycles. The number of rotatable bonds is 9. The first-order valence-electron chi connectivity index (χ1n) is 14.2. The third kappa shape index (κ3) is 6.16. The monoisotopic (exact) mass is 586 g/mol. The third-order valence-corrected chi connectivity index (χ3v) is 8.98. The summed E-state index contributed by atoms with van der Waals surface area (Å²) in [6.07, 6.45) is 4.36. The summed E-state index contributed by atoms with van der Waals surface area (Å²) < 4.78 is 17.6. The molecule has 9 nitrogen and oxygen atoms in total. The van der Waals surface area contributed by atoms with Crippen molar-refractivity contribution in [2.24, 2.45) is 0 Å². The van der Waals surface area contributed by atoms with E-state index in [1.54, 1.807) is 43.3 Å². The third-order valence-electron chi connectivity index (χ3n) is 7.71. The van der Waals surface area contributed by atoms with Crippen molar-refractivity contribution < 1.29 is 18.7 Å². The van der Waals surface area contributed by atoms with Gasteiger partial charge in [-0.1, -0.05) is 36.4 Å². The molecular weight excluding hydrogens is 552 g/mol. The minimum absolute atomic E-state index is 0.100. The number of hydrogen-bond acceptors (Lipinski definition) is 9. The molecule has 218 valence electrons. The van der Waals surface area contributed by atoms with Gasteiger partial charge >= 0.3 is 0 Å². The van der Waals surface area contributed by atoms with E-state index in [0.717, 1.165) is 42.9 Å². The van der Waals surface area contributed by atoms with E-state index in [0.29, 0.717) is 42.2 Å². The fraction of sp³-hybridized carbons (Fsp3) is 0.344. The van der Waals surface area contributed by atoms with Gasteiger partial charge in [0.2, 0.25) is 17.1 Å². The molecule has 42 heavy (non-hydrogen) atoms. The average molecular weight is 587 g/mol. The number of nitrogens with one attached hydrogen (secondary N) is 1. The quantitative estimate of drug-likeness (QED) is 0.290. The number of nitrogens with zero attached hydrogens (tertiary/aromatic N) is 3. The minimum Gasteiger partial charge on any atom is -0.497 e. The molecule has 0 aliphatic carbocycles. The Labute approximate surface area is 248 Å². The van der Waals surface area contributed by atoms with Crippen molar-refractivity contribution in [2.75, 3.05) is 52.2 Å². The molecule has 2 saturated heterocycles. The summed E-state index contributed by atoms with van der Waals surface area (Å²) in [6.45, 7) is 4.21. The fourth-order valence-electron chi connectivity index (χ4n) is 5.41. The summed E-state index contributed by atoms with van der Waals surface area (Å²) in [5.74, 6) is 2.15. The number of carbonyl (C=O) groups excluding carboxylic acids is 1. The van der Waals surface area contributed by atoms with E-state index < -0.39 is 0 Å². The van der Waals surface area contributed by atoms with Gasteiger partial charge in [-0.3, -0.25) is 24.8 Å². The van der Waals surface area contributed by atoms with Crippen molar-refractivity contribution >= 4 is 28.6 Å². The maximum atomic E-state index is 13.5. The zero-order chi connectivity index (χ0) is 28.9. The Kier molecular flexibility index (Phi) is 8.73. The number of carbonyl (C=O) groups is 1. The number of thioether (sulfide) groups is 1. The van der Waals surface area contributed by atoms with Crippen molar-refractivity contribution in [1.82, 2.24) is 20.1 Å².